The molecule has 0 saturated heterocycles. The predicted molar refractivity (Wildman–Crippen MR) is 103 cm³/mol. The Labute approximate surface area is 162 Å². The van der Waals surface area contributed by atoms with Gasteiger partial charge in [0.15, 0.2) is 5.13 Å². The molecule has 0 aromatic carbocycles. The summed E-state index contributed by atoms with van der Waals surface area (Å²) in [6, 6.07) is 0. The number of fused-ring (bicyclic) bond motifs is 1. The van der Waals surface area contributed by atoms with Crippen LogP contribution in [0.5, 0.6) is 0 Å². The van der Waals surface area contributed by atoms with Gasteiger partial charge in [-0.05, 0) is 18.8 Å². The van der Waals surface area contributed by atoms with Crippen LogP contribution in [0.2, 0.25) is 0 Å². The number of carbonyl (C=O) groups excluding carboxylic acids is 2. The second kappa shape index (κ2) is 7.80. The fraction of sp³-hybridized carbons (Fsp3) is 0.579. The van der Waals surface area contributed by atoms with Crippen LogP contribution in [0.25, 0.3) is 0 Å². The van der Waals surface area contributed by atoms with Crippen LogP contribution in [0.3, 0.4) is 0 Å². The minimum atomic E-state index is -0.464. The average Bonchev–Trinajstić information content (AvgIpc) is 3.29. The molecule has 1 aliphatic carbocycles. The Kier molecular flexibility index (Phi) is 5.24. The lowest BCUT2D eigenvalue weighted by atomic mass is 9.86. The summed E-state index contributed by atoms with van der Waals surface area (Å²) in [7, 11) is 1.85. The van der Waals surface area contributed by atoms with Gasteiger partial charge in [0.1, 0.15) is 5.92 Å². The molecular formula is C19H25N5O2S. The van der Waals surface area contributed by atoms with E-state index < -0.39 is 5.92 Å². The molecule has 1 saturated carbocycles. The van der Waals surface area contributed by atoms with Crippen LogP contribution in [0, 0.1) is 5.92 Å². The molecule has 144 valence electrons. The highest BCUT2D eigenvalue weighted by Crippen LogP contribution is 2.31. The Bertz CT molecular complexity index is 810. The zero-order valence-electron chi connectivity index (χ0n) is 15.6. The van der Waals surface area contributed by atoms with Gasteiger partial charge in [0, 0.05) is 49.9 Å². The summed E-state index contributed by atoms with van der Waals surface area (Å²) in [6.45, 7) is 0.919. The molecule has 0 radical (unpaired) electrons. The Morgan fingerprint density at radius 3 is 2.85 bits per heavy atom. The first-order valence-corrected chi connectivity index (χ1v) is 10.5. The number of hydrogen-bond donors (Lipinski definition) is 1. The first kappa shape index (κ1) is 18.2. The molecule has 2 aromatic heterocycles. The van der Waals surface area contributed by atoms with Crippen LogP contribution in [0.15, 0.2) is 17.8 Å². The van der Waals surface area contributed by atoms with Crippen molar-refractivity contribution in [3.8, 4) is 0 Å². The van der Waals surface area contributed by atoms with Crippen LogP contribution in [0.4, 0.5) is 5.13 Å². The Balaban J connectivity index is 1.50. The number of hydrogen-bond acceptors (Lipinski definition) is 5. The van der Waals surface area contributed by atoms with E-state index in [0.717, 1.165) is 24.1 Å². The van der Waals surface area contributed by atoms with Gasteiger partial charge >= 0.3 is 0 Å². The number of rotatable bonds is 4. The molecule has 7 nitrogen and oxygen atoms in total. The smallest absolute Gasteiger partial charge is 0.237 e. The molecule has 27 heavy (non-hydrogen) atoms. The SMILES string of the molecule is Cn1cc2c(n1)[C@@H](C(=O)Nc1nccs1)CN(C(=O)CC1CCCCC1)C2. The molecule has 0 spiro atoms. The monoisotopic (exact) mass is 387 g/mol. The number of aromatic nitrogens is 3. The van der Waals surface area contributed by atoms with E-state index in [1.54, 1.807) is 10.9 Å². The first-order valence-electron chi connectivity index (χ1n) is 9.60. The zero-order chi connectivity index (χ0) is 18.8. The molecule has 8 heteroatoms. The minimum Gasteiger partial charge on any atom is -0.337 e. The van der Waals surface area contributed by atoms with E-state index in [2.05, 4.69) is 15.4 Å². The lowest BCUT2D eigenvalue weighted by molar-refractivity contribution is -0.134. The molecule has 4 rings (SSSR count). The molecule has 3 heterocycles. The quantitative estimate of drug-likeness (QED) is 0.875. The third-order valence-electron chi connectivity index (χ3n) is 5.55. The van der Waals surface area contributed by atoms with E-state index >= 15 is 0 Å². The standard InChI is InChI=1S/C19H25N5O2S/c1-23-10-14-11-24(16(25)9-13-5-3-2-4-6-13)12-15(17(14)22-23)18(26)21-19-20-7-8-27-19/h7-8,10,13,15H,2-6,9,11-12H2,1H3,(H,20,21,26)/t15-/m0/s1. The van der Waals surface area contributed by atoms with Gasteiger partial charge in [-0.15, -0.1) is 11.3 Å². The van der Waals surface area contributed by atoms with Gasteiger partial charge in [-0.2, -0.15) is 5.10 Å². The second-order valence-electron chi connectivity index (χ2n) is 7.57. The molecule has 1 fully saturated rings. The van der Waals surface area contributed by atoms with E-state index in [0.29, 0.717) is 30.6 Å². The highest BCUT2D eigenvalue weighted by Gasteiger charge is 2.36. The molecule has 2 aromatic rings. The van der Waals surface area contributed by atoms with Gasteiger partial charge in [0.05, 0.1) is 5.69 Å². The number of anilines is 1. The summed E-state index contributed by atoms with van der Waals surface area (Å²) in [5, 5.41) is 9.75. The van der Waals surface area contributed by atoms with Crippen LogP contribution < -0.4 is 5.32 Å². The molecule has 1 aliphatic heterocycles. The summed E-state index contributed by atoms with van der Waals surface area (Å²) < 4.78 is 1.73. The van der Waals surface area contributed by atoms with E-state index in [9.17, 15) is 9.59 Å². The van der Waals surface area contributed by atoms with Crippen LogP contribution in [-0.2, 0) is 23.2 Å². The van der Waals surface area contributed by atoms with Gasteiger partial charge < -0.3 is 10.2 Å². The zero-order valence-corrected chi connectivity index (χ0v) is 16.4. The van der Waals surface area contributed by atoms with Crippen molar-refractivity contribution in [3.63, 3.8) is 0 Å². The van der Waals surface area contributed by atoms with Crippen molar-refractivity contribution in [2.24, 2.45) is 13.0 Å². The number of aryl methyl sites for hydroxylation is 1. The van der Waals surface area contributed by atoms with Crippen molar-refractivity contribution in [2.45, 2.75) is 51.0 Å². The summed E-state index contributed by atoms with van der Waals surface area (Å²) in [5.74, 6) is 0.0295. The van der Waals surface area contributed by atoms with Gasteiger partial charge in [-0.25, -0.2) is 4.98 Å². The molecule has 0 unspecified atom stereocenters. The Morgan fingerprint density at radius 2 is 2.11 bits per heavy atom. The first-order chi connectivity index (χ1) is 13.1. The summed E-state index contributed by atoms with van der Waals surface area (Å²) >= 11 is 1.38. The highest BCUT2D eigenvalue weighted by atomic mass is 32.1. The van der Waals surface area contributed by atoms with Gasteiger partial charge in [-0.1, -0.05) is 19.3 Å². The number of thiazole rings is 1. The van der Waals surface area contributed by atoms with Crippen LogP contribution in [0.1, 0.15) is 55.7 Å². The van der Waals surface area contributed by atoms with Gasteiger partial charge in [-0.3, -0.25) is 14.3 Å². The average molecular weight is 388 g/mol. The summed E-state index contributed by atoms with van der Waals surface area (Å²) in [4.78, 5) is 31.8. The van der Waals surface area contributed by atoms with Crippen molar-refractivity contribution in [1.82, 2.24) is 19.7 Å². The van der Waals surface area contributed by atoms with Gasteiger partial charge in [0.25, 0.3) is 0 Å². The topological polar surface area (TPSA) is 80.1 Å². The lowest BCUT2D eigenvalue weighted by Crippen LogP contribution is -2.42. The number of carbonyl (C=O) groups is 2. The molecule has 2 amide bonds. The van der Waals surface area contributed by atoms with Crippen molar-refractivity contribution in [3.05, 3.63) is 29.0 Å². The Morgan fingerprint density at radius 1 is 1.30 bits per heavy atom. The van der Waals surface area contributed by atoms with E-state index in [1.807, 2.05) is 23.5 Å². The fourth-order valence-corrected chi connectivity index (χ4v) is 4.72. The summed E-state index contributed by atoms with van der Waals surface area (Å²) in [6.07, 6.45) is 10.2. The molecule has 0 bridgehead atoms. The maximum absolute atomic E-state index is 12.9. The molecule has 2 aliphatic rings. The maximum atomic E-state index is 12.9. The van der Waals surface area contributed by atoms with E-state index in [4.69, 9.17) is 0 Å². The number of amides is 2. The predicted octanol–water partition coefficient (Wildman–Crippen LogP) is 2.91. The van der Waals surface area contributed by atoms with E-state index in [-0.39, 0.29) is 11.8 Å². The minimum absolute atomic E-state index is 0.153. The van der Waals surface area contributed by atoms with Crippen LogP contribution >= 0.6 is 11.3 Å². The molecular weight excluding hydrogens is 362 g/mol. The maximum Gasteiger partial charge on any atom is 0.237 e. The van der Waals surface area contributed by atoms with Crippen molar-refractivity contribution in [2.75, 3.05) is 11.9 Å². The number of nitrogens with one attached hydrogen (secondary N) is 1. The third kappa shape index (κ3) is 4.05. The fourth-order valence-electron chi connectivity index (χ4n) is 4.19. The van der Waals surface area contributed by atoms with Gasteiger partial charge in [0.2, 0.25) is 11.8 Å². The largest absolute Gasteiger partial charge is 0.337 e. The van der Waals surface area contributed by atoms with E-state index in [1.165, 1.54) is 30.6 Å². The van der Waals surface area contributed by atoms with Crippen molar-refractivity contribution in [1.29, 1.82) is 0 Å². The normalized spacial score (nSPS) is 20.3. The second-order valence-corrected chi connectivity index (χ2v) is 8.47. The van der Waals surface area contributed by atoms with Crippen LogP contribution in [-0.4, -0.2) is 38.0 Å². The van der Waals surface area contributed by atoms with Crippen molar-refractivity contribution < 1.29 is 9.59 Å². The Hall–Kier alpha value is -2.22. The van der Waals surface area contributed by atoms with Crippen molar-refractivity contribution >= 4 is 28.3 Å². The summed E-state index contributed by atoms with van der Waals surface area (Å²) in [5.41, 5.74) is 1.73. The highest BCUT2D eigenvalue weighted by molar-refractivity contribution is 7.13. The number of nitrogens with zero attached hydrogens (tertiary/aromatic N) is 4. The molecule has 1 N–H and O–H groups in total. The lowest BCUT2D eigenvalue weighted by Gasteiger charge is -2.32. The molecule has 1 atom stereocenters. The third-order valence-corrected chi connectivity index (χ3v) is 6.24.